The van der Waals surface area contributed by atoms with E-state index in [0.29, 0.717) is 17.8 Å². The zero-order valence-corrected chi connectivity index (χ0v) is 12.9. The first-order valence-electron chi connectivity index (χ1n) is 7.64. The fraction of sp³-hybridized carbons (Fsp3) is 0.529. The van der Waals surface area contributed by atoms with Crippen molar-refractivity contribution in [3.63, 3.8) is 0 Å². The maximum Gasteiger partial charge on any atom is 0.319 e. The van der Waals surface area contributed by atoms with Gasteiger partial charge < -0.3 is 10.6 Å². The molecule has 0 saturated heterocycles. The molecule has 1 aromatic rings. The highest BCUT2D eigenvalue weighted by Gasteiger charge is 2.27. The van der Waals surface area contributed by atoms with Gasteiger partial charge in [0.25, 0.3) is 0 Å². The van der Waals surface area contributed by atoms with Crippen molar-refractivity contribution in [2.75, 3.05) is 11.9 Å². The van der Waals surface area contributed by atoms with E-state index in [4.69, 9.17) is 0 Å². The van der Waals surface area contributed by atoms with Crippen LogP contribution in [0.25, 0.3) is 0 Å². The molecule has 0 bridgehead atoms. The maximum absolute atomic E-state index is 12.0. The summed E-state index contributed by atoms with van der Waals surface area (Å²) in [5, 5.41) is 5.75. The first-order chi connectivity index (χ1) is 9.98. The van der Waals surface area contributed by atoms with Gasteiger partial charge in [0, 0.05) is 17.8 Å². The van der Waals surface area contributed by atoms with Crippen molar-refractivity contribution in [2.24, 2.45) is 5.41 Å². The molecule has 0 spiro atoms. The van der Waals surface area contributed by atoms with E-state index in [1.54, 1.807) is 24.3 Å². The highest BCUT2D eigenvalue weighted by Crippen LogP contribution is 2.34. The van der Waals surface area contributed by atoms with Crippen LogP contribution in [-0.4, -0.2) is 18.4 Å². The molecule has 0 heterocycles. The van der Waals surface area contributed by atoms with E-state index in [-0.39, 0.29) is 17.2 Å². The number of Topliss-reactive ketones (excluding diaryl/α,β-unsaturated/α-hetero) is 1. The largest absolute Gasteiger partial charge is 0.337 e. The van der Waals surface area contributed by atoms with Crippen molar-refractivity contribution in [1.29, 1.82) is 0 Å². The lowest BCUT2D eigenvalue weighted by Crippen LogP contribution is -2.39. The second-order valence-electron chi connectivity index (χ2n) is 6.32. The molecule has 1 fully saturated rings. The van der Waals surface area contributed by atoms with Gasteiger partial charge in [-0.15, -0.1) is 0 Å². The molecule has 21 heavy (non-hydrogen) atoms. The Bertz CT molecular complexity index is 519. The lowest BCUT2D eigenvalue weighted by molar-refractivity contribution is 0.101. The van der Waals surface area contributed by atoms with Crippen LogP contribution >= 0.6 is 0 Å². The van der Waals surface area contributed by atoms with Crippen molar-refractivity contribution < 1.29 is 9.59 Å². The summed E-state index contributed by atoms with van der Waals surface area (Å²) < 4.78 is 0. The van der Waals surface area contributed by atoms with E-state index in [9.17, 15) is 9.59 Å². The van der Waals surface area contributed by atoms with Gasteiger partial charge in [-0.05, 0) is 37.3 Å². The summed E-state index contributed by atoms with van der Waals surface area (Å²) in [6.07, 6.45) is 6.15. The first kappa shape index (κ1) is 15.5. The number of amides is 2. The molecule has 0 atom stereocenters. The lowest BCUT2D eigenvalue weighted by Gasteiger charge is -2.33. The van der Waals surface area contributed by atoms with Gasteiger partial charge in [-0.25, -0.2) is 4.79 Å². The minimum absolute atomic E-state index is 0.00576. The molecule has 0 aromatic heterocycles. The molecular weight excluding hydrogens is 264 g/mol. The number of rotatable bonds is 4. The minimum atomic E-state index is -0.206. The van der Waals surface area contributed by atoms with Crippen molar-refractivity contribution in [2.45, 2.75) is 46.0 Å². The average molecular weight is 288 g/mol. The molecule has 4 nitrogen and oxygen atoms in total. The van der Waals surface area contributed by atoms with E-state index in [1.807, 2.05) is 0 Å². The summed E-state index contributed by atoms with van der Waals surface area (Å²) in [7, 11) is 0. The molecule has 0 radical (unpaired) electrons. The molecule has 2 rings (SSSR count). The van der Waals surface area contributed by atoms with Gasteiger partial charge in [0.2, 0.25) is 0 Å². The topological polar surface area (TPSA) is 58.2 Å². The summed E-state index contributed by atoms with van der Waals surface area (Å²) in [6.45, 7) is 4.46. The number of carbonyl (C=O) groups excluding carboxylic acids is 2. The van der Waals surface area contributed by atoms with E-state index >= 15 is 0 Å². The van der Waals surface area contributed by atoms with Crippen molar-refractivity contribution >= 4 is 17.5 Å². The highest BCUT2D eigenvalue weighted by molar-refractivity contribution is 5.96. The summed E-state index contributed by atoms with van der Waals surface area (Å²) in [5.74, 6) is -0.00576. The van der Waals surface area contributed by atoms with E-state index < -0.39 is 0 Å². The van der Waals surface area contributed by atoms with Crippen LogP contribution in [0.5, 0.6) is 0 Å². The van der Waals surface area contributed by atoms with Crippen LogP contribution < -0.4 is 10.6 Å². The Morgan fingerprint density at radius 1 is 1.19 bits per heavy atom. The van der Waals surface area contributed by atoms with Crippen LogP contribution in [0.1, 0.15) is 56.3 Å². The van der Waals surface area contributed by atoms with Crippen LogP contribution in [0.3, 0.4) is 0 Å². The van der Waals surface area contributed by atoms with Gasteiger partial charge in [0.15, 0.2) is 5.78 Å². The predicted octanol–water partition coefficient (Wildman–Crippen LogP) is 3.98. The zero-order valence-electron chi connectivity index (χ0n) is 12.9. The Morgan fingerprint density at radius 3 is 2.57 bits per heavy atom. The van der Waals surface area contributed by atoms with Crippen molar-refractivity contribution in [3.05, 3.63) is 29.8 Å². The van der Waals surface area contributed by atoms with Crippen molar-refractivity contribution in [3.8, 4) is 0 Å². The molecule has 1 aromatic carbocycles. The summed E-state index contributed by atoms with van der Waals surface area (Å²) in [6, 6.07) is 6.80. The Balaban J connectivity index is 1.87. The highest BCUT2D eigenvalue weighted by atomic mass is 16.2. The third-order valence-electron chi connectivity index (χ3n) is 4.26. The van der Waals surface area contributed by atoms with Crippen LogP contribution in [0.4, 0.5) is 10.5 Å². The average Bonchev–Trinajstić information content (AvgIpc) is 2.46. The van der Waals surface area contributed by atoms with Gasteiger partial charge in [0.1, 0.15) is 0 Å². The molecule has 114 valence electrons. The number of hydrogen-bond acceptors (Lipinski definition) is 2. The third-order valence-corrected chi connectivity index (χ3v) is 4.26. The molecule has 2 N–H and O–H groups in total. The Morgan fingerprint density at radius 2 is 1.90 bits per heavy atom. The summed E-state index contributed by atoms with van der Waals surface area (Å²) in [5.41, 5.74) is 1.47. The zero-order chi connectivity index (χ0) is 15.3. The Kier molecular flexibility index (Phi) is 4.99. The SMILES string of the molecule is CC(=O)c1cccc(NC(=O)NCC2(C)CCCCC2)c1. The maximum atomic E-state index is 12.0. The number of benzene rings is 1. The number of nitrogens with one attached hydrogen (secondary N) is 2. The molecule has 0 unspecified atom stereocenters. The van der Waals surface area contributed by atoms with E-state index in [0.717, 1.165) is 0 Å². The Hall–Kier alpha value is -1.84. The number of ketones is 1. The monoisotopic (exact) mass is 288 g/mol. The van der Waals surface area contributed by atoms with Crippen LogP contribution in [0, 0.1) is 5.41 Å². The van der Waals surface area contributed by atoms with Crippen molar-refractivity contribution in [1.82, 2.24) is 5.32 Å². The normalized spacial score (nSPS) is 17.0. The molecular formula is C17H24N2O2. The van der Waals surface area contributed by atoms with Gasteiger partial charge >= 0.3 is 6.03 Å². The second-order valence-corrected chi connectivity index (χ2v) is 6.32. The molecule has 1 aliphatic rings. The molecule has 1 saturated carbocycles. The smallest absolute Gasteiger partial charge is 0.319 e. The molecule has 1 aliphatic carbocycles. The standard InChI is InChI=1S/C17H24N2O2/c1-13(20)14-7-6-8-15(11-14)19-16(21)18-12-17(2)9-4-3-5-10-17/h6-8,11H,3-5,9-10,12H2,1-2H3,(H2,18,19,21). The molecule has 4 heteroatoms. The predicted molar refractivity (Wildman–Crippen MR) is 84.7 cm³/mol. The third kappa shape index (κ3) is 4.59. The number of anilines is 1. The van der Waals surface area contributed by atoms with Gasteiger partial charge in [-0.3, -0.25) is 4.79 Å². The second kappa shape index (κ2) is 6.74. The van der Waals surface area contributed by atoms with E-state index in [1.165, 1.54) is 39.0 Å². The fourth-order valence-corrected chi connectivity index (χ4v) is 2.87. The summed E-state index contributed by atoms with van der Waals surface area (Å²) in [4.78, 5) is 23.3. The van der Waals surface area contributed by atoms with Gasteiger partial charge in [-0.1, -0.05) is 38.3 Å². The minimum Gasteiger partial charge on any atom is -0.337 e. The van der Waals surface area contributed by atoms with E-state index in [2.05, 4.69) is 17.6 Å². The van der Waals surface area contributed by atoms with Gasteiger partial charge in [-0.2, -0.15) is 0 Å². The fourth-order valence-electron chi connectivity index (χ4n) is 2.87. The first-order valence-corrected chi connectivity index (χ1v) is 7.64. The number of hydrogen-bond donors (Lipinski definition) is 2. The molecule has 2 amide bonds. The van der Waals surface area contributed by atoms with Crippen LogP contribution in [-0.2, 0) is 0 Å². The quantitative estimate of drug-likeness (QED) is 0.823. The van der Waals surface area contributed by atoms with Crippen LogP contribution in [0.15, 0.2) is 24.3 Å². The summed E-state index contributed by atoms with van der Waals surface area (Å²) >= 11 is 0. The lowest BCUT2D eigenvalue weighted by atomic mass is 9.76. The number of urea groups is 1. The van der Waals surface area contributed by atoms with Crippen LogP contribution in [0.2, 0.25) is 0 Å². The van der Waals surface area contributed by atoms with Gasteiger partial charge in [0.05, 0.1) is 0 Å². The number of carbonyl (C=O) groups is 2. The molecule has 0 aliphatic heterocycles. The Labute approximate surface area is 126 Å².